The Morgan fingerprint density at radius 1 is 1.25 bits per heavy atom. The van der Waals surface area contributed by atoms with Crippen molar-refractivity contribution in [1.29, 1.82) is 0 Å². The highest BCUT2D eigenvalue weighted by Crippen LogP contribution is 2.48. The molecule has 110 valence electrons. The average molecular weight is 337 g/mol. The molecule has 3 rings (SSSR count). The highest BCUT2D eigenvalue weighted by molar-refractivity contribution is 9.10. The number of hydrogen-bond donors (Lipinski definition) is 1. The van der Waals surface area contributed by atoms with Crippen LogP contribution in [0.5, 0.6) is 0 Å². The van der Waals surface area contributed by atoms with Crippen LogP contribution in [0.4, 0.5) is 0 Å². The van der Waals surface area contributed by atoms with Crippen LogP contribution in [0.15, 0.2) is 28.7 Å². The highest BCUT2D eigenvalue weighted by Gasteiger charge is 2.46. The molecular formula is C17H25BrN2. The Bertz CT molecular complexity index is 457. The molecule has 0 amide bonds. The predicted molar refractivity (Wildman–Crippen MR) is 88.1 cm³/mol. The lowest BCUT2D eigenvalue weighted by Gasteiger charge is -2.42. The van der Waals surface area contributed by atoms with Crippen LogP contribution in [0.2, 0.25) is 0 Å². The Morgan fingerprint density at radius 3 is 2.65 bits per heavy atom. The maximum absolute atomic E-state index is 3.61. The topological polar surface area (TPSA) is 15.3 Å². The molecule has 3 heteroatoms. The number of nitrogens with one attached hydrogen (secondary N) is 1. The third kappa shape index (κ3) is 2.68. The lowest BCUT2D eigenvalue weighted by molar-refractivity contribution is 0.152. The molecule has 2 unspecified atom stereocenters. The van der Waals surface area contributed by atoms with Gasteiger partial charge in [-0.05, 0) is 62.9 Å². The van der Waals surface area contributed by atoms with Gasteiger partial charge in [-0.25, -0.2) is 0 Å². The summed E-state index contributed by atoms with van der Waals surface area (Å²) >= 11 is 3.55. The smallest absolute Gasteiger partial charge is 0.0175 e. The Kier molecular flexibility index (Phi) is 4.21. The summed E-state index contributed by atoms with van der Waals surface area (Å²) in [6, 6.07) is 9.66. The van der Waals surface area contributed by atoms with E-state index in [0.717, 1.165) is 6.54 Å². The van der Waals surface area contributed by atoms with Gasteiger partial charge in [0.1, 0.15) is 0 Å². The fourth-order valence-corrected chi connectivity index (χ4v) is 4.26. The molecule has 2 heterocycles. The van der Waals surface area contributed by atoms with Crippen LogP contribution < -0.4 is 5.32 Å². The van der Waals surface area contributed by atoms with E-state index in [1.54, 1.807) is 0 Å². The first-order chi connectivity index (χ1) is 9.61. The summed E-state index contributed by atoms with van der Waals surface area (Å²) < 4.78 is 1.18. The van der Waals surface area contributed by atoms with Gasteiger partial charge in [0.05, 0.1) is 0 Å². The summed E-state index contributed by atoms with van der Waals surface area (Å²) in [5.41, 5.74) is 1.99. The van der Waals surface area contributed by atoms with E-state index in [0.29, 0.717) is 17.4 Å². The molecule has 2 fully saturated rings. The second kappa shape index (κ2) is 5.78. The molecule has 2 nitrogen and oxygen atoms in total. The number of likely N-dealkylation sites (tertiary alicyclic amines) is 1. The van der Waals surface area contributed by atoms with E-state index in [9.17, 15) is 0 Å². The third-order valence-corrected chi connectivity index (χ3v) is 5.83. The zero-order chi connectivity index (χ0) is 14.2. The molecule has 2 saturated heterocycles. The van der Waals surface area contributed by atoms with Gasteiger partial charge in [-0.3, -0.25) is 0 Å². The van der Waals surface area contributed by atoms with Gasteiger partial charge in [0.2, 0.25) is 0 Å². The van der Waals surface area contributed by atoms with Crippen molar-refractivity contribution < 1.29 is 0 Å². The van der Waals surface area contributed by atoms with Crippen molar-refractivity contribution in [1.82, 2.24) is 10.2 Å². The molecular weight excluding hydrogens is 312 g/mol. The van der Waals surface area contributed by atoms with Crippen molar-refractivity contribution in [2.75, 3.05) is 26.2 Å². The monoisotopic (exact) mass is 336 g/mol. The van der Waals surface area contributed by atoms with Crippen LogP contribution in [-0.2, 0) is 0 Å². The van der Waals surface area contributed by atoms with Crippen molar-refractivity contribution in [2.45, 2.75) is 38.6 Å². The van der Waals surface area contributed by atoms with Crippen LogP contribution in [-0.4, -0.2) is 37.1 Å². The average Bonchev–Trinajstić information content (AvgIpc) is 2.86. The van der Waals surface area contributed by atoms with E-state index in [2.05, 4.69) is 64.3 Å². The van der Waals surface area contributed by atoms with E-state index in [-0.39, 0.29) is 0 Å². The summed E-state index contributed by atoms with van der Waals surface area (Å²) in [6.45, 7) is 9.51. The Labute approximate surface area is 131 Å². The molecule has 1 aromatic rings. The second-order valence-electron chi connectivity index (χ2n) is 6.73. The van der Waals surface area contributed by atoms with Gasteiger partial charge in [-0.2, -0.15) is 0 Å². The summed E-state index contributed by atoms with van der Waals surface area (Å²) in [7, 11) is 0. The van der Waals surface area contributed by atoms with E-state index in [1.807, 2.05) is 0 Å². The largest absolute Gasteiger partial charge is 0.316 e. The first kappa shape index (κ1) is 14.6. The number of benzene rings is 1. The molecule has 1 aromatic carbocycles. The molecule has 1 spiro atoms. The molecule has 2 atom stereocenters. The normalized spacial score (nSPS) is 31.3. The number of hydrogen-bond acceptors (Lipinski definition) is 2. The van der Waals surface area contributed by atoms with Crippen molar-refractivity contribution in [3.05, 3.63) is 34.3 Å². The second-order valence-corrected chi connectivity index (χ2v) is 7.65. The lowest BCUT2D eigenvalue weighted by atomic mass is 9.67. The van der Waals surface area contributed by atoms with Crippen molar-refractivity contribution in [3.63, 3.8) is 0 Å². The molecule has 0 saturated carbocycles. The number of rotatable bonds is 2. The molecule has 0 radical (unpaired) electrons. The van der Waals surface area contributed by atoms with E-state index >= 15 is 0 Å². The van der Waals surface area contributed by atoms with Crippen LogP contribution in [0.25, 0.3) is 0 Å². The van der Waals surface area contributed by atoms with Gasteiger partial charge in [0.25, 0.3) is 0 Å². The van der Waals surface area contributed by atoms with Crippen molar-refractivity contribution in [3.8, 4) is 0 Å². The third-order valence-electron chi connectivity index (χ3n) is 5.30. The maximum atomic E-state index is 3.61. The minimum atomic E-state index is 0.489. The highest BCUT2D eigenvalue weighted by atomic mass is 79.9. The Hall–Kier alpha value is -0.380. The fraction of sp³-hybridized carbons (Fsp3) is 0.647. The zero-order valence-electron chi connectivity index (χ0n) is 12.5. The number of nitrogens with zero attached hydrogens (tertiary/aromatic N) is 1. The van der Waals surface area contributed by atoms with E-state index < -0.39 is 0 Å². The lowest BCUT2D eigenvalue weighted by Crippen LogP contribution is -2.45. The van der Waals surface area contributed by atoms with E-state index in [1.165, 1.54) is 42.5 Å². The predicted octanol–water partition coefficient (Wildman–Crippen LogP) is 3.63. The number of piperidine rings is 1. The molecule has 1 N–H and O–H groups in total. The molecule has 20 heavy (non-hydrogen) atoms. The summed E-state index contributed by atoms with van der Waals surface area (Å²) in [5, 5.41) is 3.61. The minimum Gasteiger partial charge on any atom is -0.316 e. The van der Waals surface area contributed by atoms with Gasteiger partial charge in [-0.1, -0.05) is 28.1 Å². The van der Waals surface area contributed by atoms with Gasteiger partial charge in [-0.15, -0.1) is 0 Å². The van der Waals surface area contributed by atoms with Crippen LogP contribution in [0.3, 0.4) is 0 Å². The van der Waals surface area contributed by atoms with Gasteiger partial charge < -0.3 is 10.2 Å². The van der Waals surface area contributed by atoms with Crippen molar-refractivity contribution in [2.24, 2.45) is 5.41 Å². The fourth-order valence-electron chi connectivity index (χ4n) is 4.00. The van der Waals surface area contributed by atoms with Gasteiger partial charge in [0, 0.05) is 29.5 Å². The SMILES string of the molecule is CC(C)N1CCC2(CCNCC2c2ccc(Br)cc2)C1. The minimum absolute atomic E-state index is 0.489. The van der Waals surface area contributed by atoms with Crippen LogP contribution in [0, 0.1) is 5.41 Å². The quantitative estimate of drug-likeness (QED) is 0.887. The first-order valence-electron chi connectivity index (χ1n) is 7.81. The first-order valence-corrected chi connectivity index (χ1v) is 8.60. The van der Waals surface area contributed by atoms with Gasteiger partial charge in [0.15, 0.2) is 0 Å². The van der Waals surface area contributed by atoms with E-state index in [4.69, 9.17) is 0 Å². The maximum Gasteiger partial charge on any atom is 0.0175 e. The molecule has 0 bridgehead atoms. The Morgan fingerprint density at radius 2 is 2.00 bits per heavy atom. The van der Waals surface area contributed by atoms with Crippen LogP contribution >= 0.6 is 15.9 Å². The van der Waals surface area contributed by atoms with Gasteiger partial charge >= 0.3 is 0 Å². The zero-order valence-corrected chi connectivity index (χ0v) is 14.1. The molecule has 2 aliphatic rings. The van der Waals surface area contributed by atoms with Crippen molar-refractivity contribution >= 4 is 15.9 Å². The molecule has 2 aliphatic heterocycles. The summed E-state index contributed by atoms with van der Waals surface area (Å²) in [6.07, 6.45) is 2.67. The molecule has 0 aliphatic carbocycles. The molecule has 0 aromatic heterocycles. The van der Waals surface area contributed by atoms with Crippen LogP contribution in [0.1, 0.15) is 38.2 Å². The summed E-state index contributed by atoms with van der Waals surface area (Å²) in [5.74, 6) is 0.660. The standard InChI is InChI=1S/C17H25BrN2/c1-13(2)20-10-8-17(12-20)7-9-19-11-16(17)14-3-5-15(18)6-4-14/h3-6,13,16,19H,7-12H2,1-2H3. The number of halogens is 1. The Balaban J connectivity index is 1.86. The summed E-state index contributed by atoms with van der Waals surface area (Å²) in [4.78, 5) is 2.66.